The van der Waals surface area contributed by atoms with Crippen LogP contribution in [0.5, 0.6) is 0 Å². The minimum atomic E-state index is -0.169. The molecule has 1 aromatic carbocycles. The molecule has 4 heteroatoms. The van der Waals surface area contributed by atoms with Gasteiger partial charge in [0.05, 0.1) is 17.5 Å². The van der Waals surface area contributed by atoms with Gasteiger partial charge in [0.2, 0.25) is 11.8 Å². The van der Waals surface area contributed by atoms with E-state index in [2.05, 4.69) is 19.9 Å². The molecule has 0 saturated carbocycles. The smallest absolute Gasteiger partial charge is 0.238 e. The summed E-state index contributed by atoms with van der Waals surface area (Å²) in [5, 5.41) is 0. The molecule has 0 spiro atoms. The lowest BCUT2D eigenvalue weighted by molar-refractivity contribution is -0.122. The van der Waals surface area contributed by atoms with Crippen molar-refractivity contribution in [3.63, 3.8) is 0 Å². The first kappa shape index (κ1) is 15.9. The molecule has 0 aromatic heterocycles. The molecule has 2 fully saturated rings. The number of fused-ring (bicyclic) bond motifs is 3. The number of hydrogen-bond donors (Lipinski definition) is 0. The molecular formula is C20H23NO2S. The number of para-hydroxylation sites is 1. The summed E-state index contributed by atoms with van der Waals surface area (Å²) in [5.74, 6) is 3.15. The quantitative estimate of drug-likeness (QED) is 0.607. The van der Waals surface area contributed by atoms with Crippen LogP contribution in [0, 0.1) is 29.6 Å². The molecule has 0 unspecified atom stereocenters. The van der Waals surface area contributed by atoms with E-state index in [0.29, 0.717) is 17.5 Å². The van der Waals surface area contributed by atoms with Gasteiger partial charge in [0.1, 0.15) is 0 Å². The SMILES string of the molecule is CC(C)[C@@H]1CSC[C@@H]2C1=CC[C@@H]1C(=O)N(c3ccccc3)C(=O)[C@@H]12. The number of anilines is 1. The van der Waals surface area contributed by atoms with Gasteiger partial charge in [-0.05, 0) is 30.4 Å². The first-order chi connectivity index (χ1) is 11.6. The fourth-order valence-electron chi connectivity index (χ4n) is 4.52. The number of nitrogens with zero attached hydrogens (tertiary/aromatic N) is 1. The largest absolute Gasteiger partial charge is 0.274 e. The third-order valence-corrected chi connectivity index (χ3v) is 6.98. The molecule has 4 atom stereocenters. The summed E-state index contributed by atoms with van der Waals surface area (Å²) in [6.45, 7) is 4.52. The van der Waals surface area contributed by atoms with E-state index < -0.39 is 0 Å². The molecule has 1 aromatic rings. The van der Waals surface area contributed by atoms with Crippen molar-refractivity contribution in [3.05, 3.63) is 42.0 Å². The van der Waals surface area contributed by atoms with Crippen molar-refractivity contribution >= 4 is 29.3 Å². The second kappa shape index (κ2) is 6.07. The maximum Gasteiger partial charge on any atom is 0.238 e. The predicted molar refractivity (Wildman–Crippen MR) is 97.8 cm³/mol. The van der Waals surface area contributed by atoms with Gasteiger partial charge in [-0.2, -0.15) is 11.8 Å². The van der Waals surface area contributed by atoms with Crippen LogP contribution in [-0.4, -0.2) is 23.3 Å². The van der Waals surface area contributed by atoms with E-state index in [9.17, 15) is 9.59 Å². The van der Waals surface area contributed by atoms with Crippen LogP contribution < -0.4 is 4.90 Å². The fourth-order valence-corrected chi connectivity index (χ4v) is 6.15. The number of carbonyl (C=O) groups excluding carboxylic acids is 2. The van der Waals surface area contributed by atoms with Crippen molar-refractivity contribution in [1.82, 2.24) is 0 Å². The maximum absolute atomic E-state index is 13.2. The van der Waals surface area contributed by atoms with Crippen LogP contribution in [-0.2, 0) is 9.59 Å². The van der Waals surface area contributed by atoms with Crippen LogP contribution in [0.2, 0.25) is 0 Å². The monoisotopic (exact) mass is 341 g/mol. The Kier molecular flexibility index (Phi) is 4.03. The molecule has 126 valence electrons. The van der Waals surface area contributed by atoms with E-state index in [0.717, 1.165) is 17.9 Å². The Bertz CT molecular complexity index is 697. The van der Waals surface area contributed by atoms with E-state index in [4.69, 9.17) is 0 Å². The minimum absolute atomic E-state index is 0.0109. The van der Waals surface area contributed by atoms with E-state index in [1.54, 1.807) is 0 Å². The minimum Gasteiger partial charge on any atom is -0.274 e. The van der Waals surface area contributed by atoms with Gasteiger partial charge in [0.25, 0.3) is 0 Å². The topological polar surface area (TPSA) is 37.4 Å². The molecule has 3 nitrogen and oxygen atoms in total. The first-order valence-corrected chi connectivity index (χ1v) is 9.95. The molecule has 2 amide bonds. The Morgan fingerprint density at radius 2 is 1.79 bits per heavy atom. The van der Waals surface area contributed by atoms with Gasteiger partial charge >= 0.3 is 0 Å². The molecule has 0 bridgehead atoms. The lowest BCUT2D eigenvalue weighted by Gasteiger charge is -2.40. The normalized spacial score (nSPS) is 32.6. The summed E-state index contributed by atoms with van der Waals surface area (Å²) < 4.78 is 0. The lowest BCUT2D eigenvalue weighted by Crippen LogP contribution is -2.39. The summed E-state index contributed by atoms with van der Waals surface area (Å²) in [7, 11) is 0. The number of hydrogen-bond acceptors (Lipinski definition) is 3. The summed E-state index contributed by atoms with van der Waals surface area (Å²) in [6, 6.07) is 9.38. The third-order valence-electron chi connectivity index (χ3n) is 5.79. The molecule has 24 heavy (non-hydrogen) atoms. The second-order valence-corrected chi connectivity index (χ2v) is 8.49. The molecular weight excluding hydrogens is 318 g/mol. The van der Waals surface area contributed by atoms with Gasteiger partial charge in [-0.1, -0.05) is 43.7 Å². The van der Waals surface area contributed by atoms with E-state index in [1.165, 1.54) is 10.5 Å². The highest BCUT2D eigenvalue weighted by Gasteiger charge is 2.54. The van der Waals surface area contributed by atoms with Crippen molar-refractivity contribution in [3.8, 4) is 0 Å². The molecule has 3 aliphatic rings. The fraction of sp³-hybridized carbons (Fsp3) is 0.500. The average molecular weight is 341 g/mol. The van der Waals surface area contributed by atoms with E-state index in [-0.39, 0.29) is 29.6 Å². The summed E-state index contributed by atoms with van der Waals surface area (Å²) in [5.41, 5.74) is 2.16. The van der Waals surface area contributed by atoms with Gasteiger partial charge in [-0.3, -0.25) is 14.5 Å². The zero-order chi connectivity index (χ0) is 16.8. The zero-order valence-corrected chi connectivity index (χ0v) is 15.0. The average Bonchev–Trinajstić information content (AvgIpc) is 2.86. The van der Waals surface area contributed by atoms with Crippen LogP contribution in [0.15, 0.2) is 42.0 Å². The molecule has 2 aliphatic heterocycles. The third kappa shape index (κ3) is 2.34. The Morgan fingerprint density at radius 3 is 2.50 bits per heavy atom. The highest BCUT2D eigenvalue weighted by atomic mass is 32.2. The summed E-state index contributed by atoms with van der Waals surface area (Å²) >= 11 is 1.94. The van der Waals surface area contributed by atoms with Gasteiger partial charge < -0.3 is 0 Å². The zero-order valence-electron chi connectivity index (χ0n) is 14.1. The van der Waals surface area contributed by atoms with Crippen LogP contribution in [0.3, 0.4) is 0 Å². The van der Waals surface area contributed by atoms with Gasteiger partial charge in [0.15, 0.2) is 0 Å². The van der Waals surface area contributed by atoms with Gasteiger partial charge in [0, 0.05) is 17.4 Å². The molecule has 2 saturated heterocycles. The van der Waals surface area contributed by atoms with Crippen molar-refractivity contribution < 1.29 is 9.59 Å². The Morgan fingerprint density at radius 1 is 1.04 bits per heavy atom. The number of amides is 2. The number of imide groups is 1. The van der Waals surface area contributed by atoms with E-state index >= 15 is 0 Å². The molecule has 0 radical (unpaired) electrons. The summed E-state index contributed by atoms with van der Waals surface area (Å²) in [6.07, 6.45) is 3.01. The van der Waals surface area contributed by atoms with Crippen molar-refractivity contribution in [2.45, 2.75) is 20.3 Å². The van der Waals surface area contributed by atoms with Crippen LogP contribution in [0.4, 0.5) is 5.69 Å². The number of carbonyl (C=O) groups is 2. The highest BCUT2D eigenvalue weighted by molar-refractivity contribution is 7.99. The standard InChI is InChI=1S/C20H23NO2S/c1-12(2)16-10-24-11-17-14(16)8-9-15-18(17)20(23)21(19(15)22)13-6-4-3-5-7-13/h3-8,12,15-18H,9-11H2,1-2H3/t15-,16-,17+,18-/m0/s1. The number of thioether (sulfide) groups is 1. The Labute approximate surface area is 147 Å². The molecule has 4 rings (SSSR count). The second-order valence-electron chi connectivity index (χ2n) is 7.41. The van der Waals surface area contributed by atoms with Gasteiger partial charge in [-0.25, -0.2) is 0 Å². The van der Waals surface area contributed by atoms with Crippen LogP contribution >= 0.6 is 11.8 Å². The highest BCUT2D eigenvalue weighted by Crippen LogP contribution is 2.50. The van der Waals surface area contributed by atoms with Crippen molar-refractivity contribution in [1.29, 1.82) is 0 Å². The Hall–Kier alpha value is -1.55. The van der Waals surface area contributed by atoms with Crippen LogP contribution in [0.25, 0.3) is 0 Å². The van der Waals surface area contributed by atoms with Crippen molar-refractivity contribution in [2.75, 3.05) is 16.4 Å². The molecule has 2 heterocycles. The van der Waals surface area contributed by atoms with Gasteiger partial charge in [-0.15, -0.1) is 0 Å². The number of benzene rings is 1. The number of allylic oxidation sites excluding steroid dienone is 2. The maximum atomic E-state index is 13.2. The number of rotatable bonds is 2. The molecule has 0 N–H and O–H groups in total. The van der Waals surface area contributed by atoms with Crippen molar-refractivity contribution in [2.24, 2.45) is 29.6 Å². The summed E-state index contributed by atoms with van der Waals surface area (Å²) in [4.78, 5) is 27.5. The lowest BCUT2D eigenvalue weighted by atomic mass is 9.68. The predicted octanol–water partition coefficient (Wildman–Crippen LogP) is 3.76. The van der Waals surface area contributed by atoms with E-state index in [1.807, 2.05) is 42.1 Å². The van der Waals surface area contributed by atoms with Crippen LogP contribution in [0.1, 0.15) is 20.3 Å². The first-order valence-electron chi connectivity index (χ1n) is 8.80. The Balaban J connectivity index is 1.69. The molecule has 1 aliphatic carbocycles.